The molecule has 0 heterocycles. The molecule has 1 amide bonds. The van der Waals surface area contributed by atoms with Crippen molar-refractivity contribution in [2.45, 2.75) is 84.0 Å². The maximum atomic E-state index is 12.9. The number of unbranched alkanes of at least 4 members (excludes halogenated alkanes) is 11. The van der Waals surface area contributed by atoms with Crippen molar-refractivity contribution in [1.29, 1.82) is 0 Å². The second kappa shape index (κ2) is 16.3. The van der Waals surface area contributed by atoms with Crippen LogP contribution in [-0.4, -0.2) is 28.5 Å². The number of hydrogen-bond acceptors (Lipinski definition) is 5. The number of carbonyl (C=O) groups is 2. The smallest absolute Gasteiger partial charge is 0.336 e. The lowest BCUT2D eigenvalue weighted by Gasteiger charge is -2.13. The maximum Gasteiger partial charge on any atom is 0.336 e. The molecule has 196 valence electrons. The second-order valence-corrected chi connectivity index (χ2v) is 8.95. The summed E-state index contributed by atoms with van der Waals surface area (Å²) in [7, 11) is 0. The summed E-state index contributed by atoms with van der Waals surface area (Å²) in [4.78, 5) is 35.0. The first-order valence-electron chi connectivity index (χ1n) is 13.0. The van der Waals surface area contributed by atoms with Gasteiger partial charge in [-0.3, -0.25) is 14.9 Å². The third kappa shape index (κ3) is 9.68. The number of ether oxygens (including phenoxy) is 1. The van der Waals surface area contributed by atoms with Gasteiger partial charge in [-0.1, -0.05) is 95.8 Å². The van der Waals surface area contributed by atoms with Crippen molar-refractivity contribution in [1.82, 2.24) is 0 Å². The molecule has 0 aromatic heterocycles. The van der Waals surface area contributed by atoms with Crippen molar-refractivity contribution in [2.24, 2.45) is 0 Å². The van der Waals surface area contributed by atoms with E-state index in [1.54, 1.807) is 24.3 Å². The largest absolute Gasteiger partial charge is 0.491 e. The van der Waals surface area contributed by atoms with Crippen LogP contribution in [0.5, 0.6) is 5.75 Å². The number of nitrogens with one attached hydrogen (secondary N) is 1. The number of carboxylic acids is 1. The van der Waals surface area contributed by atoms with Crippen molar-refractivity contribution in [2.75, 3.05) is 11.9 Å². The number of para-hydroxylation sites is 2. The summed E-state index contributed by atoms with van der Waals surface area (Å²) in [6.07, 6.45) is 14.9. The highest BCUT2D eigenvalue weighted by Crippen LogP contribution is 2.28. The molecule has 0 unspecified atom stereocenters. The van der Waals surface area contributed by atoms with Gasteiger partial charge in [-0.05, 0) is 24.6 Å². The van der Waals surface area contributed by atoms with Crippen LogP contribution >= 0.6 is 0 Å². The van der Waals surface area contributed by atoms with Gasteiger partial charge < -0.3 is 15.2 Å². The number of anilines is 1. The number of nitrogens with zero attached hydrogens (tertiary/aromatic N) is 1. The van der Waals surface area contributed by atoms with Gasteiger partial charge in [-0.15, -0.1) is 0 Å². The van der Waals surface area contributed by atoms with Crippen LogP contribution in [0.25, 0.3) is 0 Å². The summed E-state index contributed by atoms with van der Waals surface area (Å²) >= 11 is 0. The maximum absolute atomic E-state index is 12.9. The van der Waals surface area contributed by atoms with E-state index >= 15 is 0 Å². The van der Waals surface area contributed by atoms with E-state index in [1.807, 2.05) is 0 Å². The number of rotatable bonds is 18. The SMILES string of the molecule is CCCCCCCCCCCCCCOc1ccccc1NC(=O)c1c(C(=O)O)cccc1[N+](=O)[O-]. The predicted molar refractivity (Wildman–Crippen MR) is 141 cm³/mol. The van der Waals surface area contributed by atoms with Crippen molar-refractivity contribution < 1.29 is 24.4 Å². The van der Waals surface area contributed by atoms with E-state index in [9.17, 15) is 24.8 Å². The first-order chi connectivity index (χ1) is 17.5. The Morgan fingerprint density at radius 1 is 0.861 bits per heavy atom. The van der Waals surface area contributed by atoms with Gasteiger partial charge in [0.05, 0.1) is 22.8 Å². The molecular weight excluding hydrogens is 460 g/mol. The number of amides is 1. The average Bonchev–Trinajstić information content (AvgIpc) is 2.87. The van der Waals surface area contributed by atoms with Crippen LogP contribution in [0.4, 0.5) is 11.4 Å². The van der Waals surface area contributed by atoms with Crippen LogP contribution in [0.15, 0.2) is 42.5 Å². The number of carboxylic acid groups (broad SMARTS) is 1. The van der Waals surface area contributed by atoms with Crippen LogP contribution in [-0.2, 0) is 0 Å². The van der Waals surface area contributed by atoms with Crippen LogP contribution in [0.3, 0.4) is 0 Å². The topological polar surface area (TPSA) is 119 Å². The molecule has 36 heavy (non-hydrogen) atoms. The van der Waals surface area contributed by atoms with Gasteiger partial charge in [0.25, 0.3) is 11.6 Å². The minimum absolute atomic E-state index is 0.330. The zero-order valence-electron chi connectivity index (χ0n) is 21.2. The molecule has 0 aliphatic rings. The van der Waals surface area contributed by atoms with Gasteiger partial charge >= 0.3 is 5.97 Å². The van der Waals surface area contributed by atoms with Crippen LogP contribution < -0.4 is 10.1 Å². The molecule has 0 aliphatic carbocycles. The molecule has 0 bridgehead atoms. The van der Waals surface area contributed by atoms with Gasteiger partial charge in [0.15, 0.2) is 0 Å². The monoisotopic (exact) mass is 498 g/mol. The lowest BCUT2D eigenvalue weighted by atomic mass is 10.0. The summed E-state index contributed by atoms with van der Waals surface area (Å²) in [6, 6.07) is 10.3. The third-order valence-electron chi connectivity index (χ3n) is 6.09. The number of nitro groups is 1. The molecule has 0 saturated carbocycles. The molecule has 2 aromatic rings. The summed E-state index contributed by atoms with van der Waals surface area (Å²) in [5.74, 6) is -1.86. The molecular formula is C28H38N2O6. The minimum atomic E-state index is -1.42. The van der Waals surface area contributed by atoms with Crippen LogP contribution in [0, 0.1) is 10.1 Å². The summed E-state index contributed by atoms with van der Waals surface area (Å²) in [5.41, 5.74) is -1.17. The number of nitro benzene ring substituents is 1. The molecule has 0 spiro atoms. The molecule has 0 radical (unpaired) electrons. The average molecular weight is 499 g/mol. The Labute approximate surface area is 213 Å². The zero-order valence-corrected chi connectivity index (χ0v) is 21.2. The number of benzene rings is 2. The quantitative estimate of drug-likeness (QED) is 0.124. The summed E-state index contributed by atoms with van der Waals surface area (Å²) in [6.45, 7) is 2.72. The molecule has 2 aromatic carbocycles. The molecule has 8 heteroatoms. The fourth-order valence-corrected chi connectivity index (χ4v) is 4.11. The first kappa shape index (κ1) is 28.8. The number of carbonyl (C=O) groups excluding carboxylic acids is 1. The Kier molecular flexibility index (Phi) is 13.0. The predicted octanol–water partition coefficient (Wildman–Crippen LogP) is 7.63. The number of aromatic carboxylic acids is 1. The van der Waals surface area contributed by atoms with E-state index in [2.05, 4.69) is 12.2 Å². The minimum Gasteiger partial charge on any atom is -0.491 e. The first-order valence-corrected chi connectivity index (χ1v) is 13.0. The highest BCUT2D eigenvalue weighted by atomic mass is 16.6. The van der Waals surface area contributed by atoms with Crippen molar-refractivity contribution in [3.05, 3.63) is 63.7 Å². The van der Waals surface area contributed by atoms with Gasteiger partial charge in [-0.25, -0.2) is 4.79 Å². The lowest BCUT2D eigenvalue weighted by molar-refractivity contribution is -0.385. The van der Waals surface area contributed by atoms with E-state index < -0.39 is 33.6 Å². The van der Waals surface area contributed by atoms with E-state index in [0.29, 0.717) is 18.0 Å². The van der Waals surface area contributed by atoms with E-state index in [0.717, 1.165) is 25.3 Å². The summed E-state index contributed by atoms with van der Waals surface area (Å²) in [5, 5.41) is 23.4. The molecule has 0 aliphatic heterocycles. The standard InChI is InChI=1S/C28H38N2O6/c1-2-3-4-5-6-7-8-9-10-11-12-15-21-36-25-20-14-13-18-23(25)29-27(31)26-22(28(32)33)17-16-19-24(26)30(34)35/h13-14,16-20H,2-12,15,21H2,1H3,(H,29,31)(H,32,33). The number of hydrogen-bond donors (Lipinski definition) is 2. The fraction of sp³-hybridized carbons (Fsp3) is 0.500. The molecule has 8 nitrogen and oxygen atoms in total. The molecule has 2 rings (SSSR count). The third-order valence-corrected chi connectivity index (χ3v) is 6.09. The van der Waals surface area contributed by atoms with Gasteiger partial charge in [0.1, 0.15) is 11.3 Å². The Morgan fingerprint density at radius 2 is 1.44 bits per heavy atom. The van der Waals surface area contributed by atoms with Gasteiger partial charge in [0, 0.05) is 6.07 Å². The Bertz CT molecular complexity index is 960. The molecule has 0 atom stereocenters. The second-order valence-electron chi connectivity index (χ2n) is 8.95. The Hall–Kier alpha value is -3.42. The Morgan fingerprint density at radius 3 is 2.03 bits per heavy atom. The molecule has 0 fully saturated rings. The van der Waals surface area contributed by atoms with Crippen LogP contribution in [0.2, 0.25) is 0 Å². The van der Waals surface area contributed by atoms with E-state index in [4.69, 9.17) is 4.74 Å². The van der Waals surface area contributed by atoms with Crippen LogP contribution in [0.1, 0.15) is 105 Å². The lowest BCUT2D eigenvalue weighted by Crippen LogP contribution is -2.19. The Balaban J connectivity index is 1.80. The van der Waals surface area contributed by atoms with E-state index in [-0.39, 0.29) is 0 Å². The van der Waals surface area contributed by atoms with Gasteiger partial charge in [0.2, 0.25) is 0 Å². The van der Waals surface area contributed by atoms with Crippen molar-refractivity contribution >= 4 is 23.3 Å². The van der Waals surface area contributed by atoms with E-state index in [1.165, 1.54) is 69.9 Å². The zero-order chi connectivity index (χ0) is 26.2. The summed E-state index contributed by atoms with van der Waals surface area (Å²) < 4.78 is 5.86. The molecule has 2 N–H and O–H groups in total. The fourth-order valence-electron chi connectivity index (χ4n) is 4.11. The molecule has 0 saturated heterocycles. The normalized spacial score (nSPS) is 10.7. The van der Waals surface area contributed by atoms with Gasteiger partial charge in [-0.2, -0.15) is 0 Å². The van der Waals surface area contributed by atoms with Crippen molar-refractivity contribution in [3.63, 3.8) is 0 Å². The van der Waals surface area contributed by atoms with Crippen molar-refractivity contribution in [3.8, 4) is 5.75 Å². The highest BCUT2D eigenvalue weighted by molar-refractivity contribution is 6.13. The highest BCUT2D eigenvalue weighted by Gasteiger charge is 2.27.